The Morgan fingerprint density at radius 1 is 1.42 bits per heavy atom. The molecule has 1 aromatic rings. The Labute approximate surface area is 123 Å². The van der Waals surface area contributed by atoms with Crippen LogP contribution in [0.3, 0.4) is 0 Å². The van der Waals surface area contributed by atoms with E-state index in [0.29, 0.717) is 12.1 Å². The van der Waals surface area contributed by atoms with Gasteiger partial charge >= 0.3 is 0 Å². The summed E-state index contributed by atoms with van der Waals surface area (Å²) in [6.07, 6.45) is 9.09. The molecular formula is C15H21BrN2O. The van der Waals surface area contributed by atoms with Gasteiger partial charge in [0, 0.05) is 29.3 Å². The molecule has 2 aliphatic carbocycles. The molecule has 2 fully saturated rings. The highest BCUT2D eigenvalue weighted by molar-refractivity contribution is 9.10. The van der Waals surface area contributed by atoms with Gasteiger partial charge in [-0.3, -0.25) is 4.79 Å². The second-order valence-electron chi connectivity index (χ2n) is 5.77. The van der Waals surface area contributed by atoms with Crippen LogP contribution in [0.25, 0.3) is 0 Å². The SMILES string of the molecule is CCCCN(C(=O)c1cc(Br)cn1C1CC1)C1CC1. The number of halogens is 1. The maximum Gasteiger partial charge on any atom is 0.270 e. The van der Waals surface area contributed by atoms with Crippen molar-refractivity contribution in [3.8, 4) is 0 Å². The van der Waals surface area contributed by atoms with E-state index in [-0.39, 0.29) is 5.91 Å². The van der Waals surface area contributed by atoms with Crippen LogP contribution in [0.5, 0.6) is 0 Å². The Bertz CT molecular complexity index is 474. The normalized spacial score (nSPS) is 18.6. The van der Waals surface area contributed by atoms with Crippen molar-refractivity contribution in [3.63, 3.8) is 0 Å². The minimum atomic E-state index is 0.230. The van der Waals surface area contributed by atoms with E-state index in [2.05, 4.69) is 38.5 Å². The van der Waals surface area contributed by atoms with Crippen molar-refractivity contribution in [2.75, 3.05) is 6.54 Å². The van der Waals surface area contributed by atoms with Crippen molar-refractivity contribution in [1.29, 1.82) is 0 Å². The summed E-state index contributed by atoms with van der Waals surface area (Å²) < 4.78 is 3.20. The Morgan fingerprint density at radius 2 is 2.16 bits per heavy atom. The standard InChI is InChI=1S/C15H21BrN2O/c1-2-3-8-17(12-4-5-12)15(19)14-9-11(16)10-18(14)13-6-7-13/h9-10,12-13H,2-8H2,1H3. The van der Waals surface area contributed by atoms with E-state index in [1.807, 2.05) is 6.07 Å². The zero-order valence-electron chi connectivity index (χ0n) is 11.4. The van der Waals surface area contributed by atoms with Crippen LogP contribution in [0, 0.1) is 0 Å². The first-order valence-electron chi connectivity index (χ1n) is 7.39. The smallest absolute Gasteiger partial charge is 0.270 e. The van der Waals surface area contributed by atoms with Crippen molar-refractivity contribution in [2.24, 2.45) is 0 Å². The molecule has 2 saturated carbocycles. The highest BCUT2D eigenvalue weighted by Gasteiger charge is 2.35. The van der Waals surface area contributed by atoms with Gasteiger partial charge in [-0.1, -0.05) is 13.3 Å². The zero-order valence-corrected chi connectivity index (χ0v) is 13.0. The van der Waals surface area contributed by atoms with Crippen molar-refractivity contribution >= 4 is 21.8 Å². The number of rotatable bonds is 6. The zero-order chi connectivity index (χ0) is 13.4. The van der Waals surface area contributed by atoms with Crippen molar-refractivity contribution in [3.05, 3.63) is 22.4 Å². The number of hydrogen-bond donors (Lipinski definition) is 0. The Morgan fingerprint density at radius 3 is 2.74 bits per heavy atom. The average Bonchev–Trinajstić information content (AvgIpc) is 3.28. The maximum absolute atomic E-state index is 12.8. The summed E-state index contributed by atoms with van der Waals surface area (Å²) in [5, 5.41) is 0. The molecule has 0 bridgehead atoms. The molecule has 0 aliphatic heterocycles. The van der Waals surface area contributed by atoms with Crippen molar-refractivity contribution in [1.82, 2.24) is 9.47 Å². The first-order chi connectivity index (χ1) is 9.20. The largest absolute Gasteiger partial charge is 0.339 e. The highest BCUT2D eigenvalue weighted by atomic mass is 79.9. The third-order valence-corrected chi connectivity index (χ3v) is 4.41. The lowest BCUT2D eigenvalue weighted by Crippen LogP contribution is -2.35. The Balaban J connectivity index is 1.80. The monoisotopic (exact) mass is 324 g/mol. The summed E-state index contributed by atoms with van der Waals surface area (Å²) in [6, 6.07) is 3.04. The summed E-state index contributed by atoms with van der Waals surface area (Å²) in [5.74, 6) is 0.230. The minimum Gasteiger partial charge on any atom is -0.339 e. The third-order valence-electron chi connectivity index (χ3n) is 3.98. The molecule has 0 radical (unpaired) electrons. The van der Waals surface area contributed by atoms with Crippen molar-refractivity contribution < 1.29 is 4.79 Å². The molecule has 3 nitrogen and oxygen atoms in total. The van der Waals surface area contributed by atoms with Gasteiger partial charge in [0.15, 0.2) is 0 Å². The molecule has 0 N–H and O–H groups in total. The molecule has 0 unspecified atom stereocenters. The lowest BCUT2D eigenvalue weighted by Gasteiger charge is -2.23. The molecule has 0 aromatic carbocycles. The number of carbonyl (C=O) groups excluding carboxylic acids is 1. The van der Waals surface area contributed by atoms with Crippen LogP contribution >= 0.6 is 15.9 Å². The molecule has 1 amide bonds. The molecule has 1 heterocycles. The number of nitrogens with zero attached hydrogens (tertiary/aromatic N) is 2. The predicted molar refractivity (Wildman–Crippen MR) is 79.4 cm³/mol. The molecule has 1 aromatic heterocycles. The minimum absolute atomic E-state index is 0.230. The summed E-state index contributed by atoms with van der Waals surface area (Å²) >= 11 is 3.51. The van der Waals surface area contributed by atoms with Crippen LogP contribution in [0.2, 0.25) is 0 Å². The quantitative estimate of drug-likeness (QED) is 0.776. The van der Waals surface area contributed by atoms with Gasteiger partial charge in [-0.15, -0.1) is 0 Å². The van der Waals surface area contributed by atoms with Crippen molar-refractivity contribution in [2.45, 2.75) is 57.5 Å². The Kier molecular flexibility index (Phi) is 3.70. The fourth-order valence-electron chi connectivity index (χ4n) is 2.58. The lowest BCUT2D eigenvalue weighted by molar-refractivity contribution is 0.0729. The summed E-state index contributed by atoms with van der Waals surface area (Å²) in [6.45, 7) is 3.09. The van der Waals surface area contributed by atoms with Gasteiger partial charge in [0.1, 0.15) is 5.69 Å². The van der Waals surface area contributed by atoms with E-state index in [1.54, 1.807) is 0 Å². The van der Waals surface area contributed by atoms with Gasteiger partial charge in [-0.05, 0) is 54.1 Å². The van der Waals surface area contributed by atoms with Crippen LogP contribution in [-0.4, -0.2) is 28.0 Å². The number of carbonyl (C=O) groups is 1. The fraction of sp³-hybridized carbons (Fsp3) is 0.667. The van der Waals surface area contributed by atoms with E-state index in [9.17, 15) is 4.79 Å². The van der Waals surface area contributed by atoms with Gasteiger partial charge in [0.2, 0.25) is 0 Å². The van der Waals surface area contributed by atoms with Gasteiger partial charge in [-0.25, -0.2) is 0 Å². The highest BCUT2D eigenvalue weighted by Crippen LogP contribution is 2.38. The molecule has 2 aliphatic rings. The van der Waals surface area contributed by atoms with Gasteiger partial charge in [0.25, 0.3) is 5.91 Å². The second-order valence-corrected chi connectivity index (χ2v) is 6.68. The van der Waals surface area contributed by atoms with Crippen LogP contribution in [0.15, 0.2) is 16.7 Å². The summed E-state index contributed by atoms with van der Waals surface area (Å²) in [4.78, 5) is 14.9. The molecule has 0 atom stereocenters. The summed E-state index contributed by atoms with van der Waals surface area (Å²) in [7, 11) is 0. The molecule has 19 heavy (non-hydrogen) atoms. The van der Waals surface area contributed by atoms with E-state index >= 15 is 0 Å². The fourth-order valence-corrected chi connectivity index (χ4v) is 3.02. The molecular weight excluding hydrogens is 304 g/mol. The maximum atomic E-state index is 12.8. The van der Waals surface area contributed by atoms with Gasteiger partial charge < -0.3 is 9.47 Å². The first-order valence-corrected chi connectivity index (χ1v) is 8.18. The average molecular weight is 325 g/mol. The molecule has 0 saturated heterocycles. The first kappa shape index (κ1) is 13.2. The summed E-state index contributed by atoms with van der Waals surface area (Å²) in [5.41, 5.74) is 0.873. The van der Waals surface area contributed by atoms with E-state index in [1.165, 1.54) is 25.7 Å². The predicted octanol–water partition coefficient (Wildman–Crippen LogP) is 3.99. The second kappa shape index (κ2) is 5.31. The van der Waals surface area contributed by atoms with Crippen LogP contribution < -0.4 is 0 Å². The van der Waals surface area contributed by atoms with E-state index in [0.717, 1.165) is 29.6 Å². The number of hydrogen-bond acceptors (Lipinski definition) is 1. The van der Waals surface area contributed by atoms with Gasteiger partial charge in [-0.2, -0.15) is 0 Å². The van der Waals surface area contributed by atoms with E-state index < -0.39 is 0 Å². The number of amides is 1. The van der Waals surface area contributed by atoms with E-state index in [4.69, 9.17) is 0 Å². The van der Waals surface area contributed by atoms with Gasteiger partial charge in [0.05, 0.1) is 0 Å². The topological polar surface area (TPSA) is 25.2 Å². The molecule has 3 rings (SSSR count). The lowest BCUT2D eigenvalue weighted by atomic mass is 10.2. The Hall–Kier alpha value is -0.770. The number of unbranched alkanes of at least 4 members (excludes halogenated alkanes) is 1. The molecule has 0 spiro atoms. The third kappa shape index (κ3) is 2.88. The molecule has 104 valence electrons. The van der Waals surface area contributed by atoms with Crippen LogP contribution in [0.1, 0.15) is 62.0 Å². The van der Waals surface area contributed by atoms with Crippen LogP contribution in [-0.2, 0) is 0 Å². The molecule has 4 heteroatoms. The number of aromatic nitrogens is 1. The van der Waals surface area contributed by atoms with Crippen LogP contribution in [0.4, 0.5) is 0 Å².